The predicted octanol–water partition coefficient (Wildman–Crippen LogP) is 3.73. The van der Waals surface area contributed by atoms with Crippen LogP contribution >= 0.6 is 0 Å². The lowest BCUT2D eigenvalue weighted by Gasteiger charge is -2.21. The summed E-state index contributed by atoms with van der Waals surface area (Å²) < 4.78 is 27.9. The van der Waals surface area contributed by atoms with E-state index in [1.54, 1.807) is 6.20 Å². The Morgan fingerprint density at radius 2 is 2.11 bits per heavy atom. The lowest BCUT2D eigenvalue weighted by molar-refractivity contribution is -0.138. The molecule has 3 heterocycles. The van der Waals surface area contributed by atoms with Gasteiger partial charge in [0.1, 0.15) is 11.5 Å². The number of fused-ring (bicyclic) bond motifs is 1. The Morgan fingerprint density at radius 1 is 1.33 bits per heavy atom. The number of aromatic amines is 1. The Kier molecular flexibility index (Phi) is 4.13. The molecule has 27 heavy (non-hydrogen) atoms. The van der Waals surface area contributed by atoms with Crippen LogP contribution in [0.25, 0.3) is 22.4 Å². The number of carboxylic acid groups (broad SMARTS) is 1. The van der Waals surface area contributed by atoms with E-state index in [9.17, 15) is 18.7 Å². The monoisotopic (exact) mass is 372 g/mol. The quantitative estimate of drug-likeness (QED) is 0.688. The Hall–Kier alpha value is -2.90. The van der Waals surface area contributed by atoms with E-state index in [1.165, 1.54) is 6.07 Å². The summed E-state index contributed by atoms with van der Waals surface area (Å²) in [6.45, 7) is 2.02. The van der Waals surface area contributed by atoms with Gasteiger partial charge in [0.15, 0.2) is 11.6 Å². The van der Waals surface area contributed by atoms with Crippen molar-refractivity contribution in [2.75, 3.05) is 0 Å². The molecule has 0 aromatic carbocycles. The maximum absolute atomic E-state index is 14.3. The van der Waals surface area contributed by atoms with Gasteiger partial charge in [-0.3, -0.25) is 4.79 Å². The summed E-state index contributed by atoms with van der Waals surface area (Å²) in [7, 11) is 0. The number of carboxylic acids is 1. The minimum absolute atomic E-state index is 0.0303. The molecule has 0 unspecified atom stereocenters. The van der Waals surface area contributed by atoms with E-state index in [0.717, 1.165) is 25.2 Å². The van der Waals surface area contributed by atoms with Gasteiger partial charge in [0.2, 0.25) is 0 Å². The summed E-state index contributed by atoms with van der Waals surface area (Å²) in [5.74, 6) is -1.91. The third-order valence-electron chi connectivity index (χ3n) is 5.44. The van der Waals surface area contributed by atoms with Crippen molar-refractivity contribution in [3.8, 4) is 11.4 Å². The molecule has 3 aromatic heterocycles. The molecular weight excluding hydrogens is 354 g/mol. The predicted molar refractivity (Wildman–Crippen MR) is 93.8 cm³/mol. The first-order valence-electron chi connectivity index (χ1n) is 8.72. The van der Waals surface area contributed by atoms with Crippen LogP contribution in [0, 0.1) is 23.0 Å². The molecule has 0 spiro atoms. The maximum Gasteiger partial charge on any atom is 0.303 e. The number of H-pyrrole nitrogens is 1. The SMILES string of the molecule is CC1([C@@H](CC(=O)O)Cc2nc(-c3c[nH]c4ncc(F)cc34)ncc2F)CC1. The fourth-order valence-corrected chi connectivity index (χ4v) is 3.45. The van der Waals surface area contributed by atoms with Crippen molar-refractivity contribution in [1.82, 2.24) is 19.9 Å². The summed E-state index contributed by atoms with van der Waals surface area (Å²) in [5, 5.41) is 9.70. The number of hydrogen-bond acceptors (Lipinski definition) is 4. The molecule has 1 atom stereocenters. The molecule has 140 valence electrons. The van der Waals surface area contributed by atoms with Gasteiger partial charge in [-0.05, 0) is 36.7 Å². The molecule has 1 aliphatic carbocycles. The molecule has 6 nitrogen and oxygen atoms in total. The van der Waals surface area contributed by atoms with Gasteiger partial charge < -0.3 is 10.1 Å². The number of aliphatic carboxylic acids is 1. The number of nitrogens with zero attached hydrogens (tertiary/aromatic N) is 3. The standard InChI is InChI=1S/C19H18F2N4O2/c1-19(2-3-19)10(5-16(26)27)4-15-14(21)9-24-18(25-15)13-8-23-17-12(13)6-11(20)7-22-17/h6-10H,2-5H2,1H3,(H,22,23)(H,26,27)/t10-/m1/s1. The lowest BCUT2D eigenvalue weighted by atomic mass is 9.84. The van der Waals surface area contributed by atoms with Crippen molar-refractivity contribution in [2.45, 2.75) is 32.6 Å². The average Bonchev–Trinajstić information content (AvgIpc) is 3.23. The molecule has 0 radical (unpaired) electrons. The summed E-state index contributed by atoms with van der Waals surface area (Å²) in [6.07, 6.45) is 5.83. The number of halogens is 2. The first kappa shape index (κ1) is 17.5. The summed E-state index contributed by atoms with van der Waals surface area (Å²) >= 11 is 0. The molecule has 2 N–H and O–H groups in total. The highest BCUT2D eigenvalue weighted by Gasteiger charge is 2.45. The van der Waals surface area contributed by atoms with Crippen LogP contribution < -0.4 is 0 Å². The molecule has 1 aliphatic rings. The number of carbonyl (C=O) groups is 1. The molecule has 4 rings (SSSR count). The zero-order valence-corrected chi connectivity index (χ0v) is 14.7. The van der Waals surface area contributed by atoms with Gasteiger partial charge in [0, 0.05) is 23.6 Å². The normalized spacial score (nSPS) is 16.4. The van der Waals surface area contributed by atoms with Crippen LogP contribution in [-0.2, 0) is 11.2 Å². The molecule has 1 saturated carbocycles. The van der Waals surface area contributed by atoms with Crippen LogP contribution in [0.2, 0.25) is 0 Å². The van der Waals surface area contributed by atoms with Crippen LogP contribution in [0.3, 0.4) is 0 Å². The molecule has 3 aromatic rings. The van der Waals surface area contributed by atoms with Gasteiger partial charge >= 0.3 is 5.97 Å². The van der Waals surface area contributed by atoms with E-state index in [0.29, 0.717) is 16.6 Å². The van der Waals surface area contributed by atoms with Gasteiger partial charge in [-0.25, -0.2) is 23.7 Å². The van der Waals surface area contributed by atoms with Crippen molar-refractivity contribution in [3.05, 3.63) is 42.0 Å². The molecule has 0 amide bonds. The number of hydrogen-bond donors (Lipinski definition) is 2. The maximum atomic E-state index is 14.3. The van der Waals surface area contributed by atoms with Crippen molar-refractivity contribution < 1.29 is 18.7 Å². The minimum atomic E-state index is -0.902. The molecular formula is C19H18F2N4O2. The van der Waals surface area contributed by atoms with Crippen LogP contribution in [0.4, 0.5) is 8.78 Å². The summed E-state index contributed by atoms with van der Waals surface area (Å²) in [5.41, 5.74) is 1.09. The van der Waals surface area contributed by atoms with Crippen molar-refractivity contribution >= 4 is 17.0 Å². The number of pyridine rings is 1. The van der Waals surface area contributed by atoms with Crippen molar-refractivity contribution in [3.63, 3.8) is 0 Å². The number of aromatic nitrogens is 4. The van der Waals surface area contributed by atoms with Crippen LogP contribution in [-0.4, -0.2) is 31.0 Å². The molecule has 0 aliphatic heterocycles. The van der Waals surface area contributed by atoms with Crippen molar-refractivity contribution in [1.29, 1.82) is 0 Å². The lowest BCUT2D eigenvalue weighted by Crippen LogP contribution is -2.21. The van der Waals surface area contributed by atoms with Crippen LogP contribution in [0.15, 0.2) is 24.7 Å². The Balaban J connectivity index is 1.70. The molecule has 0 saturated heterocycles. The van der Waals surface area contributed by atoms with E-state index in [2.05, 4.69) is 19.9 Å². The Bertz CT molecular complexity index is 1030. The zero-order valence-electron chi connectivity index (χ0n) is 14.7. The Labute approximate surface area is 153 Å². The highest BCUT2D eigenvalue weighted by Crippen LogP contribution is 2.53. The minimum Gasteiger partial charge on any atom is -0.481 e. The highest BCUT2D eigenvalue weighted by atomic mass is 19.1. The van der Waals surface area contributed by atoms with E-state index in [-0.39, 0.29) is 35.7 Å². The van der Waals surface area contributed by atoms with E-state index in [4.69, 9.17) is 0 Å². The third kappa shape index (κ3) is 3.39. The summed E-state index contributed by atoms with van der Waals surface area (Å²) in [4.78, 5) is 26.5. The van der Waals surface area contributed by atoms with Gasteiger partial charge in [0.25, 0.3) is 0 Å². The molecule has 8 heteroatoms. The first-order valence-corrected chi connectivity index (χ1v) is 8.72. The average molecular weight is 372 g/mol. The van der Waals surface area contributed by atoms with Crippen molar-refractivity contribution in [2.24, 2.45) is 11.3 Å². The first-order chi connectivity index (χ1) is 12.9. The fraction of sp³-hybridized carbons (Fsp3) is 0.368. The summed E-state index contributed by atoms with van der Waals surface area (Å²) in [6, 6.07) is 1.32. The van der Waals surface area contributed by atoms with Gasteiger partial charge in [-0.15, -0.1) is 0 Å². The fourth-order valence-electron chi connectivity index (χ4n) is 3.45. The van der Waals surface area contributed by atoms with E-state index >= 15 is 0 Å². The van der Waals surface area contributed by atoms with Crippen LogP contribution in [0.1, 0.15) is 31.9 Å². The Morgan fingerprint density at radius 3 is 2.81 bits per heavy atom. The highest BCUT2D eigenvalue weighted by molar-refractivity contribution is 5.91. The number of nitrogens with one attached hydrogen (secondary N) is 1. The molecule has 0 bridgehead atoms. The van der Waals surface area contributed by atoms with Crippen LogP contribution in [0.5, 0.6) is 0 Å². The zero-order chi connectivity index (χ0) is 19.2. The topological polar surface area (TPSA) is 91.8 Å². The smallest absolute Gasteiger partial charge is 0.303 e. The number of rotatable bonds is 6. The third-order valence-corrected chi connectivity index (χ3v) is 5.44. The van der Waals surface area contributed by atoms with E-state index in [1.807, 2.05) is 6.92 Å². The van der Waals surface area contributed by atoms with Gasteiger partial charge in [-0.1, -0.05) is 6.92 Å². The largest absolute Gasteiger partial charge is 0.481 e. The van der Waals surface area contributed by atoms with Gasteiger partial charge in [0.05, 0.1) is 18.1 Å². The second-order valence-corrected chi connectivity index (χ2v) is 7.39. The second-order valence-electron chi connectivity index (χ2n) is 7.39. The van der Waals surface area contributed by atoms with Gasteiger partial charge in [-0.2, -0.15) is 0 Å². The van der Waals surface area contributed by atoms with E-state index < -0.39 is 17.6 Å². The molecule has 1 fully saturated rings. The second kappa shape index (κ2) is 6.37.